The summed E-state index contributed by atoms with van der Waals surface area (Å²) in [5.41, 5.74) is 2.85. The smallest absolute Gasteiger partial charge is 0.224 e. The maximum Gasteiger partial charge on any atom is 0.224 e. The second-order valence-corrected chi connectivity index (χ2v) is 5.54. The molecule has 2 aromatic heterocycles. The molecule has 0 radical (unpaired) electrons. The molecule has 3 rings (SSSR count). The summed E-state index contributed by atoms with van der Waals surface area (Å²) in [7, 11) is 0. The number of nitrogens with one attached hydrogen (secondary N) is 1. The van der Waals surface area contributed by atoms with Gasteiger partial charge >= 0.3 is 0 Å². The number of imidazole rings is 1. The first-order chi connectivity index (χ1) is 10.7. The Bertz CT molecular complexity index is 747. The third-order valence-corrected chi connectivity index (χ3v) is 3.65. The Hall–Kier alpha value is -2.33. The molecule has 1 aromatic carbocycles. The molecule has 0 bridgehead atoms. The number of fused-ring (bicyclic) bond motifs is 1. The Morgan fingerprint density at radius 2 is 2.00 bits per heavy atom. The first-order valence-electron chi connectivity index (χ1n) is 7.14. The van der Waals surface area contributed by atoms with Gasteiger partial charge in [0.25, 0.3) is 0 Å². The van der Waals surface area contributed by atoms with Gasteiger partial charge in [-0.15, -0.1) is 0 Å². The molecule has 0 aliphatic heterocycles. The summed E-state index contributed by atoms with van der Waals surface area (Å²) in [6.45, 7) is 0.580. The van der Waals surface area contributed by atoms with Crippen LogP contribution in [0.25, 0.3) is 5.65 Å². The fourth-order valence-electron chi connectivity index (χ4n) is 2.29. The molecule has 0 saturated heterocycles. The monoisotopic (exact) mass is 313 g/mol. The third kappa shape index (κ3) is 3.65. The van der Waals surface area contributed by atoms with Crippen molar-refractivity contribution in [2.45, 2.75) is 12.8 Å². The summed E-state index contributed by atoms with van der Waals surface area (Å²) < 4.78 is 1.98. The summed E-state index contributed by atoms with van der Waals surface area (Å²) in [6, 6.07) is 13.2. The highest BCUT2D eigenvalue weighted by Gasteiger charge is 2.05. The zero-order chi connectivity index (χ0) is 15.4. The number of pyridine rings is 1. The van der Waals surface area contributed by atoms with Gasteiger partial charge in [-0.05, 0) is 29.8 Å². The molecular weight excluding hydrogens is 298 g/mol. The number of carbonyl (C=O) groups excluding carboxylic acids is 1. The van der Waals surface area contributed by atoms with Gasteiger partial charge in [0.05, 0.1) is 12.1 Å². The van der Waals surface area contributed by atoms with Gasteiger partial charge in [-0.1, -0.05) is 29.8 Å². The second-order valence-electron chi connectivity index (χ2n) is 5.10. The molecule has 5 heteroatoms. The van der Waals surface area contributed by atoms with Gasteiger partial charge in [-0.25, -0.2) is 4.98 Å². The van der Waals surface area contributed by atoms with Gasteiger partial charge in [0.15, 0.2) is 0 Å². The van der Waals surface area contributed by atoms with Gasteiger partial charge < -0.3 is 9.72 Å². The van der Waals surface area contributed by atoms with Crippen molar-refractivity contribution < 1.29 is 4.79 Å². The van der Waals surface area contributed by atoms with Gasteiger partial charge in [0.2, 0.25) is 5.91 Å². The van der Waals surface area contributed by atoms with Gasteiger partial charge in [0, 0.05) is 30.4 Å². The summed E-state index contributed by atoms with van der Waals surface area (Å²) in [5, 5.41) is 3.59. The van der Waals surface area contributed by atoms with Crippen LogP contribution in [0.15, 0.2) is 54.9 Å². The van der Waals surface area contributed by atoms with Crippen LogP contribution in [-0.4, -0.2) is 21.8 Å². The van der Waals surface area contributed by atoms with E-state index in [1.54, 1.807) is 12.1 Å². The fraction of sp³-hybridized carbons (Fsp3) is 0.176. The topological polar surface area (TPSA) is 46.4 Å². The normalized spacial score (nSPS) is 10.8. The molecule has 4 nitrogen and oxygen atoms in total. The summed E-state index contributed by atoms with van der Waals surface area (Å²) >= 11 is 5.82. The first-order valence-corrected chi connectivity index (χ1v) is 7.52. The van der Waals surface area contributed by atoms with E-state index in [1.165, 1.54) is 0 Å². The lowest BCUT2D eigenvalue weighted by Crippen LogP contribution is -2.27. The Morgan fingerprint density at radius 3 is 2.77 bits per heavy atom. The first kappa shape index (κ1) is 14.6. The minimum atomic E-state index is 0.00564. The van der Waals surface area contributed by atoms with Gasteiger partial charge in [0.1, 0.15) is 5.65 Å². The number of aromatic nitrogens is 2. The van der Waals surface area contributed by atoms with Crippen LogP contribution in [0.2, 0.25) is 5.02 Å². The number of nitrogens with zero attached hydrogens (tertiary/aromatic N) is 2. The minimum Gasteiger partial charge on any atom is -0.355 e. The molecule has 0 saturated carbocycles. The summed E-state index contributed by atoms with van der Waals surface area (Å²) in [6.07, 6.45) is 5.03. The van der Waals surface area contributed by atoms with Crippen molar-refractivity contribution in [1.82, 2.24) is 14.7 Å². The zero-order valence-corrected chi connectivity index (χ0v) is 12.8. The molecule has 2 heterocycles. The van der Waals surface area contributed by atoms with E-state index in [1.807, 2.05) is 47.1 Å². The Kier molecular flexibility index (Phi) is 4.39. The van der Waals surface area contributed by atoms with E-state index in [2.05, 4.69) is 10.3 Å². The molecule has 0 fully saturated rings. The highest BCUT2D eigenvalue weighted by molar-refractivity contribution is 6.30. The maximum atomic E-state index is 11.9. The van der Waals surface area contributed by atoms with Crippen LogP contribution in [0.5, 0.6) is 0 Å². The number of rotatable bonds is 5. The minimum absolute atomic E-state index is 0.00564. The van der Waals surface area contributed by atoms with E-state index in [0.717, 1.165) is 16.9 Å². The summed E-state index contributed by atoms with van der Waals surface area (Å²) in [4.78, 5) is 16.4. The average molecular weight is 314 g/mol. The van der Waals surface area contributed by atoms with Crippen LogP contribution in [0.3, 0.4) is 0 Å². The van der Waals surface area contributed by atoms with Gasteiger partial charge in [-0.2, -0.15) is 0 Å². The predicted molar refractivity (Wildman–Crippen MR) is 87.1 cm³/mol. The number of halogens is 1. The van der Waals surface area contributed by atoms with Crippen molar-refractivity contribution in [3.63, 3.8) is 0 Å². The molecule has 0 spiro atoms. The molecule has 1 amide bonds. The number of amides is 1. The van der Waals surface area contributed by atoms with Gasteiger partial charge in [-0.3, -0.25) is 4.79 Å². The number of benzene rings is 1. The van der Waals surface area contributed by atoms with Crippen LogP contribution in [-0.2, 0) is 17.6 Å². The molecule has 0 aliphatic carbocycles. The van der Waals surface area contributed by atoms with Crippen LogP contribution >= 0.6 is 11.6 Å². The fourth-order valence-corrected chi connectivity index (χ4v) is 2.41. The standard InChI is InChI=1S/C17H16ClN3O/c18-14-6-4-13(5-7-14)11-17(22)19-9-8-15-12-21-10-2-1-3-16(21)20-15/h1-7,10,12H,8-9,11H2,(H,19,22). The van der Waals surface area contributed by atoms with E-state index in [0.29, 0.717) is 24.4 Å². The van der Waals surface area contributed by atoms with Crippen LogP contribution < -0.4 is 5.32 Å². The number of carbonyl (C=O) groups is 1. The van der Waals surface area contributed by atoms with Crippen molar-refractivity contribution >= 4 is 23.2 Å². The zero-order valence-electron chi connectivity index (χ0n) is 12.0. The Morgan fingerprint density at radius 1 is 1.18 bits per heavy atom. The number of hydrogen-bond acceptors (Lipinski definition) is 2. The molecule has 22 heavy (non-hydrogen) atoms. The maximum absolute atomic E-state index is 11.9. The van der Waals surface area contributed by atoms with Crippen LogP contribution in [0, 0.1) is 0 Å². The molecule has 112 valence electrons. The Labute approximate surface area is 133 Å². The third-order valence-electron chi connectivity index (χ3n) is 3.40. The molecule has 0 unspecified atom stereocenters. The van der Waals surface area contributed by atoms with Crippen molar-refractivity contribution in [2.24, 2.45) is 0 Å². The summed E-state index contributed by atoms with van der Waals surface area (Å²) in [5.74, 6) is 0.00564. The van der Waals surface area contributed by atoms with E-state index in [9.17, 15) is 4.79 Å². The van der Waals surface area contributed by atoms with Crippen molar-refractivity contribution in [3.8, 4) is 0 Å². The largest absolute Gasteiger partial charge is 0.355 e. The highest BCUT2D eigenvalue weighted by atomic mass is 35.5. The quantitative estimate of drug-likeness (QED) is 0.787. The van der Waals surface area contributed by atoms with Crippen molar-refractivity contribution in [2.75, 3.05) is 6.54 Å². The molecular formula is C17H16ClN3O. The van der Waals surface area contributed by atoms with Crippen LogP contribution in [0.4, 0.5) is 0 Å². The average Bonchev–Trinajstić information content (AvgIpc) is 2.92. The van der Waals surface area contributed by atoms with E-state index < -0.39 is 0 Å². The highest BCUT2D eigenvalue weighted by Crippen LogP contribution is 2.10. The SMILES string of the molecule is O=C(Cc1ccc(Cl)cc1)NCCc1cn2ccccc2n1. The number of hydrogen-bond donors (Lipinski definition) is 1. The lowest BCUT2D eigenvalue weighted by atomic mass is 10.1. The second kappa shape index (κ2) is 6.62. The lowest BCUT2D eigenvalue weighted by Gasteiger charge is -2.04. The van der Waals surface area contributed by atoms with E-state index in [4.69, 9.17) is 11.6 Å². The van der Waals surface area contributed by atoms with E-state index in [-0.39, 0.29) is 5.91 Å². The Balaban J connectivity index is 1.49. The molecule has 3 aromatic rings. The molecule has 0 atom stereocenters. The van der Waals surface area contributed by atoms with Crippen molar-refractivity contribution in [1.29, 1.82) is 0 Å². The van der Waals surface area contributed by atoms with Crippen LogP contribution in [0.1, 0.15) is 11.3 Å². The molecule has 1 N–H and O–H groups in total. The molecule has 0 aliphatic rings. The van der Waals surface area contributed by atoms with Crippen molar-refractivity contribution in [3.05, 3.63) is 71.1 Å². The van der Waals surface area contributed by atoms with E-state index >= 15 is 0 Å². The lowest BCUT2D eigenvalue weighted by molar-refractivity contribution is -0.120. The predicted octanol–water partition coefficient (Wildman–Crippen LogP) is 2.89.